The number of hydrogen-bond donors (Lipinski definition) is 0. The number of methoxy groups -OCH3 is 1. The molecule has 0 unspecified atom stereocenters. The van der Waals surface area contributed by atoms with E-state index in [0.717, 1.165) is 18.5 Å². The van der Waals surface area contributed by atoms with E-state index >= 15 is 0 Å². The van der Waals surface area contributed by atoms with Crippen LogP contribution < -0.4 is 4.90 Å². The van der Waals surface area contributed by atoms with Crippen LogP contribution in [0.15, 0.2) is 24.7 Å². The summed E-state index contributed by atoms with van der Waals surface area (Å²) in [4.78, 5) is 14.8. The summed E-state index contributed by atoms with van der Waals surface area (Å²) >= 11 is 0. The minimum absolute atomic E-state index is 0.0939. The van der Waals surface area contributed by atoms with Crippen LogP contribution in [0.2, 0.25) is 0 Å². The Balaban J connectivity index is 1.98. The fraction of sp³-hybridized carbons (Fsp3) is 0.579. The van der Waals surface area contributed by atoms with Gasteiger partial charge in [-0.05, 0) is 25.8 Å². The van der Waals surface area contributed by atoms with Crippen LogP contribution in [0.4, 0.5) is 5.69 Å². The van der Waals surface area contributed by atoms with Gasteiger partial charge in [0.25, 0.3) is 5.91 Å². The number of aromatic nitrogens is 4. The van der Waals surface area contributed by atoms with Crippen molar-refractivity contribution < 1.29 is 19.0 Å². The van der Waals surface area contributed by atoms with Crippen molar-refractivity contribution in [1.29, 1.82) is 0 Å². The largest absolute Gasteiger partial charge is 0.364 e. The molecule has 0 spiro atoms. The maximum atomic E-state index is 13.3. The van der Waals surface area contributed by atoms with Crippen molar-refractivity contribution in [3.8, 4) is 0 Å². The molecule has 0 radical (unpaired) electrons. The average Bonchev–Trinajstić information content (AvgIpc) is 3.39. The molecule has 3 rings (SSSR count). The van der Waals surface area contributed by atoms with Crippen molar-refractivity contribution in [2.24, 2.45) is 0 Å². The normalized spacial score (nSPS) is 15.1. The lowest BCUT2D eigenvalue weighted by molar-refractivity contribution is -0.133. The van der Waals surface area contributed by atoms with Gasteiger partial charge in [-0.3, -0.25) is 14.4 Å². The van der Waals surface area contributed by atoms with Crippen LogP contribution in [-0.4, -0.2) is 59.2 Å². The van der Waals surface area contributed by atoms with Gasteiger partial charge in [-0.15, -0.1) is 0 Å². The zero-order chi connectivity index (χ0) is 20.1. The highest BCUT2D eigenvalue weighted by Crippen LogP contribution is 2.35. The Labute approximate surface area is 164 Å². The Kier molecular flexibility index (Phi) is 6.38. The molecule has 0 aromatic carbocycles. The van der Waals surface area contributed by atoms with Crippen LogP contribution in [0.3, 0.4) is 0 Å². The van der Waals surface area contributed by atoms with Crippen LogP contribution in [0.5, 0.6) is 0 Å². The Hall–Kier alpha value is -2.36. The molecule has 9 heteroatoms. The highest BCUT2D eigenvalue weighted by atomic mass is 16.7. The Morgan fingerprint density at radius 3 is 2.57 bits per heavy atom. The average molecular weight is 389 g/mol. The summed E-state index contributed by atoms with van der Waals surface area (Å²) < 4.78 is 18.8. The number of nitrogens with zero attached hydrogens (tertiary/aromatic N) is 5. The summed E-state index contributed by atoms with van der Waals surface area (Å²) in [7, 11) is 1.54. The third-order valence-electron chi connectivity index (χ3n) is 5.33. The van der Waals surface area contributed by atoms with E-state index in [0.29, 0.717) is 24.5 Å². The number of ether oxygens (including phenoxy) is 3. The van der Waals surface area contributed by atoms with Crippen LogP contribution in [0.1, 0.15) is 42.7 Å². The fourth-order valence-electron chi connectivity index (χ4n) is 3.69. The van der Waals surface area contributed by atoms with E-state index in [9.17, 15) is 4.79 Å². The predicted molar refractivity (Wildman–Crippen MR) is 102 cm³/mol. The third kappa shape index (κ3) is 3.52. The SMILES string of the molecule is CCC(CC)(C1OCCO1)n1ncc(C(=O)N(COC)c2ccnnc2)c1C. The molecular formula is C19H27N5O4. The molecule has 0 aliphatic carbocycles. The molecule has 0 saturated carbocycles. The number of amides is 1. The van der Waals surface area contributed by atoms with Crippen molar-refractivity contribution in [1.82, 2.24) is 20.0 Å². The predicted octanol–water partition coefficient (Wildman–Crippen LogP) is 2.12. The molecule has 2 aromatic heterocycles. The van der Waals surface area contributed by atoms with Crippen molar-refractivity contribution in [3.05, 3.63) is 35.9 Å². The summed E-state index contributed by atoms with van der Waals surface area (Å²) in [6.45, 7) is 7.28. The maximum absolute atomic E-state index is 13.3. The second-order valence-electron chi connectivity index (χ2n) is 6.69. The van der Waals surface area contributed by atoms with Crippen LogP contribution in [0, 0.1) is 6.92 Å². The molecule has 1 saturated heterocycles. The van der Waals surface area contributed by atoms with E-state index in [4.69, 9.17) is 14.2 Å². The van der Waals surface area contributed by atoms with Gasteiger partial charge < -0.3 is 14.2 Å². The molecule has 152 valence electrons. The van der Waals surface area contributed by atoms with Gasteiger partial charge in [0.2, 0.25) is 0 Å². The topological polar surface area (TPSA) is 91.6 Å². The zero-order valence-electron chi connectivity index (χ0n) is 16.8. The van der Waals surface area contributed by atoms with Gasteiger partial charge in [0.15, 0.2) is 6.29 Å². The number of rotatable bonds is 8. The van der Waals surface area contributed by atoms with Crippen LogP contribution in [0.25, 0.3) is 0 Å². The Bertz CT molecular complexity index is 785. The monoisotopic (exact) mass is 389 g/mol. The summed E-state index contributed by atoms with van der Waals surface area (Å²) in [6.07, 6.45) is 5.81. The van der Waals surface area contributed by atoms with E-state index in [2.05, 4.69) is 29.1 Å². The van der Waals surface area contributed by atoms with E-state index < -0.39 is 5.54 Å². The zero-order valence-corrected chi connectivity index (χ0v) is 16.8. The molecule has 1 fully saturated rings. The first-order chi connectivity index (χ1) is 13.6. The highest BCUT2D eigenvalue weighted by Gasteiger charge is 2.44. The van der Waals surface area contributed by atoms with E-state index in [-0.39, 0.29) is 18.9 Å². The minimum Gasteiger partial charge on any atom is -0.364 e. The molecule has 0 atom stereocenters. The number of hydrogen-bond acceptors (Lipinski definition) is 7. The number of carbonyl (C=O) groups is 1. The van der Waals surface area contributed by atoms with Gasteiger partial charge in [0, 0.05) is 12.8 Å². The van der Waals surface area contributed by atoms with E-state index in [1.165, 1.54) is 17.3 Å². The summed E-state index contributed by atoms with van der Waals surface area (Å²) in [6, 6.07) is 1.71. The highest BCUT2D eigenvalue weighted by molar-refractivity contribution is 6.06. The van der Waals surface area contributed by atoms with Crippen molar-refractivity contribution >= 4 is 11.6 Å². The molecule has 28 heavy (non-hydrogen) atoms. The molecule has 0 bridgehead atoms. The lowest BCUT2D eigenvalue weighted by Crippen LogP contribution is -2.46. The van der Waals surface area contributed by atoms with Crippen LogP contribution >= 0.6 is 0 Å². The molecule has 2 aromatic rings. The maximum Gasteiger partial charge on any atom is 0.263 e. The molecule has 9 nitrogen and oxygen atoms in total. The Morgan fingerprint density at radius 1 is 1.29 bits per heavy atom. The van der Waals surface area contributed by atoms with E-state index in [1.807, 2.05) is 11.6 Å². The van der Waals surface area contributed by atoms with Gasteiger partial charge in [-0.25, -0.2) is 0 Å². The van der Waals surface area contributed by atoms with Gasteiger partial charge in [0.05, 0.1) is 43.1 Å². The minimum atomic E-state index is -0.469. The summed E-state index contributed by atoms with van der Waals surface area (Å²) in [5, 5.41) is 12.2. The van der Waals surface area contributed by atoms with E-state index in [1.54, 1.807) is 19.4 Å². The Morgan fingerprint density at radius 2 is 2.00 bits per heavy atom. The first kappa shape index (κ1) is 20.4. The second kappa shape index (κ2) is 8.76. The molecule has 1 aliphatic rings. The lowest BCUT2D eigenvalue weighted by atomic mass is 9.91. The smallest absolute Gasteiger partial charge is 0.263 e. The van der Waals surface area contributed by atoms with Crippen molar-refractivity contribution in [2.75, 3.05) is 32.0 Å². The van der Waals surface area contributed by atoms with Gasteiger partial charge >= 0.3 is 0 Å². The summed E-state index contributed by atoms with van der Waals surface area (Å²) in [5.41, 5.74) is 1.39. The third-order valence-corrected chi connectivity index (χ3v) is 5.33. The molecule has 3 heterocycles. The lowest BCUT2D eigenvalue weighted by Gasteiger charge is -2.37. The quantitative estimate of drug-likeness (QED) is 0.639. The second-order valence-corrected chi connectivity index (χ2v) is 6.69. The molecule has 1 amide bonds. The first-order valence-corrected chi connectivity index (χ1v) is 9.44. The molecule has 1 aliphatic heterocycles. The van der Waals surface area contributed by atoms with Gasteiger partial charge in [-0.2, -0.15) is 15.3 Å². The summed E-state index contributed by atoms with van der Waals surface area (Å²) in [5.74, 6) is -0.215. The molecular weight excluding hydrogens is 362 g/mol. The molecule has 0 N–H and O–H groups in total. The number of anilines is 1. The van der Waals surface area contributed by atoms with Crippen molar-refractivity contribution in [3.63, 3.8) is 0 Å². The van der Waals surface area contributed by atoms with Crippen molar-refractivity contribution in [2.45, 2.75) is 45.4 Å². The standard InChI is InChI=1S/C19H27N5O4/c1-5-19(6-2,18-27-9-10-28-18)24-14(3)16(12-22-24)17(25)23(13-26-4)15-7-8-20-21-11-15/h7-8,11-12,18H,5-6,9-10,13H2,1-4H3. The van der Waals surface area contributed by atoms with Gasteiger partial charge in [0.1, 0.15) is 12.3 Å². The fourth-order valence-corrected chi connectivity index (χ4v) is 3.69. The van der Waals surface area contributed by atoms with Gasteiger partial charge in [-0.1, -0.05) is 13.8 Å². The van der Waals surface area contributed by atoms with Crippen LogP contribution in [-0.2, 0) is 19.7 Å². The first-order valence-electron chi connectivity index (χ1n) is 9.44. The number of carbonyl (C=O) groups excluding carboxylic acids is 1.